The van der Waals surface area contributed by atoms with Crippen LogP contribution < -0.4 is 4.90 Å². The van der Waals surface area contributed by atoms with E-state index in [0.717, 1.165) is 17.9 Å². The molecule has 0 bridgehead atoms. The smallest absolute Gasteiger partial charge is 0.230 e. The number of para-hydroxylation sites is 1. The molecule has 0 saturated heterocycles. The van der Waals surface area contributed by atoms with Crippen LogP contribution in [-0.4, -0.2) is 10.9 Å². The van der Waals surface area contributed by atoms with Crippen molar-refractivity contribution in [2.75, 3.05) is 4.90 Å². The van der Waals surface area contributed by atoms with Gasteiger partial charge in [-0.15, -0.1) is 23.1 Å². The Kier molecular flexibility index (Phi) is 5.78. The van der Waals surface area contributed by atoms with Crippen LogP contribution in [0.15, 0.2) is 53.9 Å². The van der Waals surface area contributed by atoms with Gasteiger partial charge in [-0.2, -0.15) is 0 Å². The molecule has 3 nitrogen and oxygen atoms in total. The topological polar surface area (TPSA) is 33.2 Å². The zero-order valence-corrected chi connectivity index (χ0v) is 17.2. The first-order chi connectivity index (χ1) is 13.6. The number of aryl methyl sites for hydroxylation is 1. The van der Waals surface area contributed by atoms with E-state index in [1.165, 1.54) is 53.2 Å². The van der Waals surface area contributed by atoms with Crippen LogP contribution in [0.3, 0.4) is 0 Å². The minimum atomic E-state index is -0.428. The summed E-state index contributed by atoms with van der Waals surface area (Å²) in [5.41, 5.74) is 4.05. The zero-order chi connectivity index (χ0) is 19.5. The Hall–Kier alpha value is -2.18. The molecule has 1 amide bonds. The minimum Gasteiger partial charge on any atom is -0.274 e. The molecule has 1 unspecified atom stereocenters. The summed E-state index contributed by atoms with van der Waals surface area (Å²) in [6, 6.07) is 15.0. The number of nitrogens with zero attached hydrogens (tertiary/aromatic N) is 2. The Bertz CT molecular complexity index is 988. The number of thiazole rings is 1. The first-order valence-electron chi connectivity index (χ1n) is 9.32. The van der Waals surface area contributed by atoms with Crippen LogP contribution >= 0.6 is 23.1 Å². The van der Waals surface area contributed by atoms with Gasteiger partial charge in [-0.1, -0.05) is 36.4 Å². The molecule has 0 saturated carbocycles. The van der Waals surface area contributed by atoms with Crippen molar-refractivity contribution in [1.29, 1.82) is 0 Å². The second-order valence-electron chi connectivity index (χ2n) is 6.82. The Morgan fingerprint density at radius 2 is 2.04 bits per heavy atom. The molecule has 3 aromatic rings. The third-order valence-corrected chi connectivity index (χ3v) is 7.12. The third kappa shape index (κ3) is 3.98. The lowest BCUT2D eigenvalue weighted by Crippen LogP contribution is -2.23. The fraction of sp³-hybridized carbons (Fsp3) is 0.273. The average Bonchev–Trinajstić information content (AvgIpc) is 3.16. The number of benzene rings is 2. The van der Waals surface area contributed by atoms with Crippen LogP contribution in [0.2, 0.25) is 0 Å². The van der Waals surface area contributed by atoms with Crippen LogP contribution in [-0.2, 0) is 17.0 Å². The minimum absolute atomic E-state index is 0.241. The molecule has 2 aromatic carbocycles. The molecular weight excluding hydrogens is 391 g/mol. The number of anilines is 2. The van der Waals surface area contributed by atoms with Crippen molar-refractivity contribution in [2.45, 2.75) is 37.2 Å². The van der Waals surface area contributed by atoms with Crippen molar-refractivity contribution in [2.24, 2.45) is 0 Å². The number of hydrogen-bond donors (Lipinski definition) is 0. The van der Waals surface area contributed by atoms with Gasteiger partial charge in [0.1, 0.15) is 5.82 Å². The number of hydrogen-bond acceptors (Lipinski definition) is 4. The van der Waals surface area contributed by atoms with E-state index in [1.807, 2.05) is 17.1 Å². The predicted molar refractivity (Wildman–Crippen MR) is 115 cm³/mol. The van der Waals surface area contributed by atoms with E-state index in [2.05, 4.69) is 29.2 Å². The average molecular weight is 413 g/mol. The fourth-order valence-electron chi connectivity index (χ4n) is 3.57. The van der Waals surface area contributed by atoms with E-state index in [9.17, 15) is 9.18 Å². The standard InChI is InChI=1S/C22H21FN2OS2/c1-15(26)25(20-11-5-4-10-19(20)23)22-24-17(14-28-22)13-27-21-12-6-8-16-7-2-3-9-18(16)21/h2-5,7,9-11,14,21H,6,8,12-13H2,1H3. The molecule has 1 atom stereocenters. The summed E-state index contributed by atoms with van der Waals surface area (Å²) in [4.78, 5) is 18.1. The van der Waals surface area contributed by atoms with Crippen LogP contribution in [0, 0.1) is 5.82 Å². The Morgan fingerprint density at radius 1 is 1.25 bits per heavy atom. The lowest BCUT2D eigenvalue weighted by Gasteiger charge is -2.24. The number of carbonyl (C=O) groups excluding carboxylic acids is 1. The van der Waals surface area contributed by atoms with Crippen molar-refractivity contribution in [3.63, 3.8) is 0 Å². The molecule has 6 heteroatoms. The third-order valence-electron chi connectivity index (χ3n) is 4.89. The maximum Gasteiger partial charge on any atom is 0.230 e. The summed E-state index contributed by atoms with van der Waals surface area (Å²) >= 11 is 3.27. The van der Waals surface area contributed by atoms with Crippen LogP contribution in [0.25, 0.3) is 0 Å². The number of fused-ring (bicyclic) bond motifs is 1. The van der Waals surface area contributed by atoms with Crippen molar-refractivity contribution in [3.05, 3.63) is 76.5 Å². The molecule has 144 valence electrons. The number of halogens is 1. The van der Waals surface area contributed by atoms with Crippen molar-refractivity contribution in [1.82, 2.24) is 4.98 Å². The van der Waals surface area contributed by atoms with Gasteiger partial charge in [0.15, 0.2) is 5.13 Å². The molecule has 28 heavy (non-hydrogen) atoms. The molecule has 0 radical (unpaired) electrons. The molecule has 1 aliphatic rings. The lowest BCUT2D eigenvalue weighted by molar-refractivity contribution is -0.115. The van der Waals surface area contributed by atoms with Crippen LogP contribution in [0.4, 0.5) is 15.2 Å². The largest absolute Gasteiger partial charge is 0.274 e. The summed E-state index contributed by atoms with van der Waals surface area (Å²) in [6.07, 6.45) is 3.54. The number of rotatable bonds is 5. The number of amides is 1. The highest BCUT2D eigenvalue weighted by molar-refractivity contribution is 7.98. The Morgan fingerprint density at radius 3 is 2.86 bits per heavy atom. The van der Waals surface area contributed by atoms with Gasteiger partial charge < -0.3 is 0 Å². The van der Waals surface area contributed by atoms with E-state index in [0.29, 0.717) is 10.4 Å². The van der Waals surface area contributed by atoms with Gasteiger partial charge in [-0.05, 0) is 42.5 Å². The molecule has 0 aliphatic heterocycles. The van der Waals surface area contributed by atoms with Crippen LogP contribution in [0.5, 0.6) is 0 Å². The van der Waals surface area contributed by atoms with Gasteiger partial charge in [0.2, 0.25) is 5.91 Å². The second-order valence-corrected chi connectivity index (χ2v) is 8.85. The maximum atomic E-state index is 14.2. The van der Waals surface area contributed by atoms with Crippen molar-refractivity contribution >= 4 is 39.8 Å². The first-order valence-corrected chi connectivity index (χ1v) is 11.3. The molecule has 0 N–H and O–H groups in total. The molecule has 0 fully saturated rings. The van der Waals surface area contributed by atoms with Gasteiger partial charge in [0.05, 0.1) is 11.4 Å². The summed E-state index contributed by atoms with van der Waals surface area (Å²) in [5, 5.41) is 2.95. The quantitative estimate of drug-likeness (QED) is 0.495. The number of thioether (sulfide) groups is 1. The highest BCUT2D eigenvalue weighted by Gasteiger charge is 2.23. The van der Waals surface area contributed by atoms with E-state index in [1.54, 1.807) is 18.2 Å². The monoisotopic (exact) mass is 412 g/mol. The molecular formula is C22H21FN2OS2. The fourth-order valence-corrected chi connectivity index (χ4v) is 5.82. The highest BCUT2D eigenvalue weighted by atomic mass is 32.2. The summed E-state index contributed by atoms with van der Waals surface area (Å²) in [7, 11) is 0. The van der Waals surface area contributed by atoms with Gasteiger partial charge >= 0.3 is 0 Å². The summed E-state index contributed by atoms with van der Waals surface area (Å²) in [6.45, 7) is 1.43. The Balaban J connectivity index is 1.50. The summed E-state index contributed by atoms with van der Waals surface area (Å²) < 4.78 is 14.2. The molecule has 1 aliphatic carbocycles. The Labute approximate surface area is 172 Å². The van der Waals surface area contributed by atoms with Gasteiger partial charge in [-0.3, -0.25) is 9.69 Å². The second kappa shape index (κ2) is 8.45. The van der Waals surface area contributed by atoms with Crippen LogP contribution in [0.1, 0.15) is 41.8 Å². The highest BCUT2D eigenvalue weighted by Crippen LogP contribution is 2.41. The van der Waals surface area contributed by atoms with E-state index < -0.39 is 5.82 Å². The van der Waals surface area contributed by atoms with E-state index in [-0.39, 0.29) is 11.6 Å². The number of carbonyl (C=O) groups is 1. The van der Waals surface area contributed by atoms with Gasteiger partial charge in [0, 0.05) is 23.3 Å². The van der Waals surface area contributed by atoms with E-state index >= 15 is 0 Å². The van der Waals surface area contributed by atoms with E-state index in [4.69, 9.17) is 0 Å². The molecule has 4 rings (SSSR count). The molecule has 1 heterocycles. The molecule has 1 aromatic heterocycles. The predicted octanol–water partition coefficient (Wildman–Crippen LogP) is 6.28. The van der Waals surface area contributed by atoms with Crippen molar-refractivity contribution < 1.29 is 9.18 Å². The number of aromatic nitrogens is 1. The van der Waals surface area contributed by atoms with Gasteiger partial charge in [-0.25, -0.2) is 9.37 Å². The van der Waals surface area contributed by atoms with Crippen molar-refractivity contribution in [3.8, 4) is 0 Å². The van der Waals surface area contributed by atoms with Gasteiger partial charge in [0.25, 0.3) is 0 Å². The maximum absolute atomic E-state index is 14.2. The normalized spacial score (nSPS) is 15.9. The molecule has 0 spiro atoms. The SMILES string of the molecule is CC(=O)N(c1nc(CSC2CCCc3ccccc32)cs1)c1ccccc1F. The summed E-state index contributed by atoms with van der Waals surface area (Å²) in [5.74, 6) is 0.0981. The lowest BCUT2D eigenvalue weighted by atomic mass is 9.91. The zero-order valence-electron chi connectivity index (χ0n) is 15.6. The first kappa shape index (κ1) is 19.2.